The van der Waals surface area contributed by atoms with Gasteiger partial charge < -0.3 is 10.5 Å². The Morgan fingerprint density at radius 1 is 1.10 bits per heavy atom. The van der Waals surface area contributed by atoms with E-state index in [1.54, 1.807) is 17.5 Å². The lowest BCUT2D eigenvalue weighted by atomic mass is 10.2. The second-order valence-electron chi connectivity index (χ2n) is 4.36. The van der Waals surface area contributed by atoms with Crippen LogP contribution >= 0.6 is 11.3 Å². The predicted molar refractivity (Wildman–Crippen MR) is 82.7 cm³/mol. The Morgan fingerprint density at radius 2 is 1.95 bits per heavy atom. The van der Waals surface area contributed by atoms with Gasteiger partial charge in [0, 0.05) is 17.1 Å². The van der Waals surface area contributed by atoms with Crippen molar-refractivity contribution < 1.29 is 4.74 Å². The summed E-state index contributed by atoms with van der Waals surface area (Å²) in [6.45, 7) is 0.516. The molecule has 20 heavy (non-hydrogen) atoms. The van der Waals surface area contributed by atoms with E-state index in [2.05, 4.69) is 4.98 Å². The highest BCUT2D eigenvalue weighted by atomic mass is 32.1. The molecule has 0 saturated carbocycles. The summed E-state index contributed by atoms with van der Waals surface area (Å²) >= 11 is 1.59. The Balaban J connectivity index is 1.75. The van der Waals surface area contributed by atoms with Crippen LogP contribution in [0.5, 0.6) is 5.75 Å². The number of hydrogen-bond donors (Lipinski definition) is 1. The molecule has 0 amide bonds. The van der Waals surface area contributed by atoms with Gasteiger partial charge in [0.15, 0.2) is 0 Å². The molecule has 0 aliphatic carbocycles. The topological polar surface area (TPSA) is 48.1 Å². The number of thiazole rings is 1. The van der Waals surface area contributed by atoms with Gasteiger partial charge >= 0.3 is 0 Å². The van der Waals surface area contributed by atoms with Crippen LogP contribution in [0.1, 0.15) is 5.56 Å². The fourth-order valence-electron chi connectivity index (χ4n) is 1.91. The molecule has 3 rings (SSSR count). The number of anilines is 1. The molecule has 0 aliphatic rings. The van der Waals surface area contributed by atoms with E-state index in [9.17, 15) is 0 Å². The van der Waals surface area contributed by atoms with Crippen molar-refractivity contribution in [2.45, 2.75) is 6.61 Å². The van der Waals surface area contributed by atoms with Crippen LogP contribution in [0.3, 0.4) is 0 Å². The summed E-state index contributed by atoms with van der Waals surface area (Å²) in [7, 11) is 0. The summed E-state index contributed by atoms with van der Waals surface area (Å²) in [5.41, 5.74) is 8.82. The number of nitrogens with zero attached hydrogens (tertiary/aromatic N) is 1. The second kappa shape index (κ2) is 5.75. The Morgan fingerprint density at radius 3 is 2.65 bits per heavy atom. The molecule has 0 saturated heterocycles. The van der Waals surface area contributed by atoms with Gasteiger partial charge in [0.05, 0.1) is 5.69 Å². The lowest BCUT2D eigenvalue weighted by molar-refractivity contribution is 0.308. The molecule has 1 heterocycles. The second-order valence-corrected chi connectivity index (χ2v) is 5.26. The number of ether oxygens (including phenoxy) is 1. The first-order valence-electron chi connectivity index (χ1n) is 6.29. The van der Waals surface area contributed by atoms with Crippen molar-refractivity contribution in [2.75, 3.05) is 5.73 Å². The van der Waals surface area contributed by atoms with E-state index in [0.29, 0.717) is 18.0 Å². The van der Waals surface area contributed by atoms with Crippen molar-refractivity contribution in [2.24, 2.45) is 0 Å². The van der Waals surface area contributed by atoms with Crippen molar-refractivity contribution in [1.82, 2.24) is 4.98 Å². The van der Waals surface area contributed by atoms with Gasteiger partial charge in [-0.2, -0.15) is 0 Å². The molecule has 0 bridgehead atoms. The molecule has 1 aromatic heterocycles. The Kier molecular flexibility index (Phi) is 3.65. The molecule has 4 heteroatoms. The monoisotopic (exact) mass is 282 g/mol. The van der Waals surface area contributed by atoms with Crippen molar-refractivity contribution in [3.8, 4) is 16.3 Å². The van der Waals surface area contributed by atoms with E-state index in [1.807, 2.05) is 53.9 Å². The van der Waals surface area contributed by atoms with Gasteiger partial charge in [-0.1, -0.05) is 30.3 Å². The van der Waals surface area contributed by atoms with Gasteiger partial charge in [0.2, 0.25) is 0 Å². The quantitative estimate of drug-likeness (QED) is 0.736. The summed E-state index contributed by atoms with van der Waals surface area (Å²) < 4.78 is 5.75. The molecule has 2 aromatic carbocycles. The third-order valence-corrected chi connectivity index (χ3v) is 3.75. The van der Waals surface area contributed by atoms with Crippen molar-refractivity contribution >= 4 is 17.0 Å². The summed E-state index contributed by atoms with van der Waals surface area (Å²) in [6, 6.07) is 15.8. The fourth-order valence-corrected chi connectivity index (χ4v) is 2.55. The molecule has 0 spiro atoms. The number of benzene rings is 2. The highest BCUT2D eigenvalue weighted by Crippen LogP contribution is 2.30. The number of nitrogens with two attached hydrogens (primary N) is 1. The van der Waals surface area contributed by atoms with Gasteiger partial charge in [-0.15, -0.1) is 11.3 Å². The third-order valence-electron chi connectivity index (χ3n) is 2.93. The zero-order valence-corrected chi connectivity index (χ0v) is 11.6. The lowest BCUT2D eigenvalue weighted by Gasteiger charge is -2.09. The highest BCUT2D eigenvalue weighted by molar-refractivity contribution is 7.13. The molecule has 3 nitrogen and oxygen atoms in total. The molecular weight excluding hydrogens is 268 g/mol. The van der Waals surface area contributed by atoms with Crippen LogP contribution in [0, 0.1) is 0 Å². The van der Waals surface area contributed by atoms with Crippen LogP contribution < -0.4 is 10.5 Å². The van der Waals surface area contributed by atoms with Gasteiger partial charge in [0.25, 0.3) is 0 Å². The highest BCUT2D eigenvalue weighted by Gasteiger charge is 2.05. The standard InChI is InChI=1S/C16H14N2OS/c17-14-10-13(16-18-8-9-20-16)6-7-15(14)19-11-12-4-2-1-3-5-12/h1-10H,11,17H2. The van der Waals surface area contributed by atoms with E-state index < -0.39 is 0 Å². The fraction of sp³-hybridized carbons (Fsp3) is 0.0625. The largest absolute Gasteiger partial charge is 0.487 e. The minimum absolute atomic E-state index is 0.516. The van der Waals surface area contributed by atoms with Gasteiger partial charge in [-0.3, -0.25) is 0 Å². The predicted octanol–water partition coefficient (Wildman–Crippen LogP) is 3.97. The zero-order chi connectivity index (χ0) is 13.8. The summed E-state index contributed by atoms with van der Waals surface area (Å²) in [6.07, 6.45) is 1.79. The van der Waals surface area contributed by atoms with Gasteiger partial charge in [-0.05, 0) is 23.8 Å². The van der Waals surface area contributed by atoms with Crippen LogP contribution in [-0.4, -0.2) is 4.98 Å². The molecule has 0 atom stereocenters. The number of aromatic nitrogens is 1. The zero-order valence-electron chi connectivity index (χ0n) is 10.8. The lowest BCUT2D eigenvalue weighted by Crippen LogP contribution is -1.98. The van der Waals surface area contributed by atoms with E-state index in [4.69, 9.17) is 10.5 Å². The number of hydrogen-bond acceptors (Lipinski definition) is 4. The van der Waals surface area contributed by atoms with Crippen molar-refractivity contribution in [1.29, 1.82) is 0 Å². The Hall–Kier alpha value is -2.33. The molecule has 2 N–H and O–H groups in total. The van der Waals surface area contributed by atoms with Crippen LogP contribution in [-0.2, 0) is 6.61 Å². The molecular formula is C16H14N2OS. The van der Waals surface area contributed by atoms with Crippen LogP contribution in [0.25, 0.3) is 10.6 Å². The molecule has 100 valence electrons. The number of nitrogen functional groups attached to an aromatic ring is 1. The maximum atomic E-state index is 6.04. The average Bonchev–Trinajstić information content (AvgIpc) is 3.01. The molecule has 0 radical (unpaired) electrons. The van der Waals surface area contributed by atoms with Crippen LogP contribution in [0.2, 0.25) is 0 Å². The van der Waals surface area contributed by atoms with E-state index >= 15 is 0 Å². The average molecular weight is 282 g/mol. The van der Waals surface area contributed by atoms with Crippen LogP contribution in [0.15, 0.2) is 60.1 Å². The minimum Gasteiger partial charge on any atom is -0.487 e. The maximum absolute atomic E-state index is 6.04. The Bertz CT molecular complexity index is 681. The first-order valence-corrected chi connectivity index (χ1v) is 7.17. The van der Waals surface area contributed by atoms with E-state index in [-0.39, 0.29) is 0 Å². The summed E-state index contributed by atoms with van der Waals surface area (Å²) in [4.78, 5) is 4.27. The van der Waals surface area contributed by atoms with E-state index in [1.165, 1.54) is 0 Å². The number of rotatable bonds is 4. The third kappa shape index (κ3) is 2.81. The van der Waals surface area contributed by atoms with Gasteiger partial charge in [0.1, 0.15) is 17.4 Å². The Labute approximate surface area is 121 Å². The van der Waals surface area contributed by atoms with E-state index in [0.717, 1.165) is 16.1 Å². The minimum atomic E-state index is 0.516. The molecule has 3 aromatic rings. The van der Waals surface area contributed by atoms with Crippen molar-refractivity contribution in [3.05, 3.63) is 65.7 Å². The summed E-state index contributed by atoms with van der Waals surface area (Å²) in [5.74, 6) is 0.703. The summed E-state index contributed by atoms with van der Waals surface area (Å²) in [5, 5.41) is 2.91. The van der Waals surface area contributed by atoms with Crippen LogP contribution in [0.4, 0.5) is 5.69 Å². The SMILES string of the molecule is Nc1cc(-c2nccs2)ccc1OCc1ccccc1. The molecule has 0 unspecified atom stereocenters. The molecule has 0 aliphatic heterocycles. The van der Waals surface area contributed by atoms with Crippen molar-refractivity contribution in [3.63, 3.8) is 0 Å². The smallest absolute Gasteiger partial charge is 0.142 e. The first-order chi connectivity index (χ1) is 9.83. The molecule has 0 fully saturated rings. The van der Waals surface area contributed by atoms with Gasteiger partial charge in [-0.25, -0.2) is 4.98 Å². The first kappa shape index (κ1) is 12.7. The normalized spacial score (nSPS) is 10.4. The maximum Gasteiger partial charge on any atom is 0.142 e.